The molecular formula is C24H24N2O3S. The van der Waals surface area contributed by atoms with Crippen molar-refractivity contribution in [1.82, 2.24) is 9.55 Å². The van der Waals surface area contributed by atoms with Crippen LogP contribution < -0.4 is 0 Å². The molecule has 30 heavy (non-hydrogen) atoms. The van der Waals surface area contributed by atoms with Gasteiger partial charge in [-0.1, -0.05) is 36.4 Å². The predicted octanol–water partition coefficient (Wildman–Crippen LogP) is 5.15. The first-order valence-corrected chi connectivity index (χ1v) is 10.9. The first-order chi connectivity index (χ1) is 14.5. The Morgan fingerprint density at radius 3 is 2.73 bits per heavy atom. The van der Waals surface area contributed by atoms with E-state index in [1.54, 1.807) is 11.3 Å². The van der Waals surface area contributed by atoms with Crippen molar-refractivity contribution in [2.45, 2.75) is 32.9 Å². The smallest absolute Gasteiger partial charge is 0.333 e. The van der Waals surface area contributed by atoms with Crippen molar-refractivity contribution >= 4 is 28.2 Å². The lowest BCUT2D eigenvalue weighted by atomic mass is 10.1. The summed E-state index contributed by atoms with van der Waals surface area (Å²) >= 11 is 1.66. The Labute approximate surface area is 179 Å². The number of nitrogens with zero attached hydrogens (tertiary/aromatic N) is 2. The Morgan fingerprint density at radius 2 is 2.00 bits per heavy atom. The zero-order valence-corrected chi connectivity index (χ0v) is 17.9. The van der Waals surface area contributed by atoms with Gasteiger partial charge in [0.05, 0.1) is 12.2 Å². The van der Waals surface area contributed by atoms with Crippen LogP contribution in [0.15, 0.2) is 60.0 Å². The van der Waals surface area contributed by atoms with Crippen LogP contribution >= 0.6 is 11.3 Å². The molecule has 4 rings (SSSR count). The first kappa shape index (κ1) is 20.3. The third kappa shape index (κ3) is 4.30. The number of fused-ring (bicyclic) bond motifs is 1. The monoisotopic (exact) mass is 420 g/mol. The standard InChI is InChI=1S/C24H24N2O3S/c1-3-29-22(24(27)28)13-17-9-10-21-19(12-17)11-16(2)26(21)14-20-15-30-23(25-20)18-7-5-4-6-8-18/h4-12,15,22H,3,13-14H2,1-2H3,(H,27,28). The largest absolute Gasteiger partial charge is 0.479 e. The van der Waals surface area contributed by atoms with Crippen LogP contribution in [0.25, 0.3) is 21.5 Å². The van der Waals surface area contributed by atoms with Crippen molar-refractivity contribution < 1.29 is 14.6 Å². The molecule has 4 aromatic rings. The van der Waals surface area contributed by atoms with E-state index in [1.807, 2.05) is 31.2 Å². The van der Waals surface area contributed by atoms with Gasteiger partial charge in [0.1, 0.15) is 5.01 Å². The normalized spacial score (nSPS) is 12.3. The Bertz CT molecular complexity index is 1160. The second kappa shape index (κ2) is 8.81. The van der Waals surface area contributed by atoms with E-state index in [2.05, 4.69) is 47.2 Å². The number of hydrogen-bond donors (Lipinski definition) is 1. The van der Waals surface area contributed by atoms with Crippen LogP contribution in [0.1, 0.15) is 23.9 Å². The SMILES string of the molecule is CCOC(Cc1ccc2c(c1)cc(C)n2Cc1csc(-c2ccccc2)n1)C(=O)O. The molecule has 1 unspecified atom stereocenters. The molecule has 6 heteroatoms. The molecule has 0 amide bonds. The Balaban J connectivity index is 1.57. The van der Waals surface area contributed by atoms with Crippen molar-refractivity contribution in [2.75, 3.05) is 6.61 Å². The molecule has 0 aliphatic rings. The van der Waals surface area contributed by atoms with E-state index in [0.29, 0.717) is 19.6 Å². The van der Waals surface area contributed by atoms with E-state index in [0.717, 1.165) is 38.4 Å². The van der Waals surface area contributed by atoms with Gasteiger partial charge in [0.2, 0.25) is 0 Å². The number of ether oxygens (including phenoxy) is 1. The zero-order chi connectivity index (χ0) is 21.1. The fraction of sp³-hybridized carbons (Fsp3) is 0.250. The highest BCUT2D eigenvalue weighted by Gasteiger charge is 2.18. The van der Waals surface area contributed by atoms with Crippen LogP contribution in [-0.2, 0) is 22.5 Å². The molecule has 0 radical (unpaired) electrons. The summed E-state index contributed by atoms with van der Waals surface area (Å²) in [6.45, 7) is 4.98. The summed E-state index contributed by atoms with van der Waals surface area (Å²) in [5.41, 5.74) is 5.39. The van der Waals surface area contributed by atoms with E-state index in [1.165, 1.54) is 0 Å². The second-order valence-electron chi connectivity index (χ2n) is 7.26. The highest BCUT2D eigenvalue weighted by molar-refractivity contribution is 7.13. The maximum atomic E-state index is 11.4. The fourth-order valence-corrected chi connectivity index (χ4v) is 4.50. The summed E-state index contributed by atoms with van der Waals surface area (Å²) in [7, 11) is 0. The molecule has 5 nitrogen and oxygen atoms in total. The molecule has 2 heterocycles. The highest BCUT2D eigenvalue weighted by atomic mass is 32.1. The molecule has 1 N–H and O–H groups in total. The van der Waals surface area contributed by atoms with Crippen LogP contribution in [0.3, 0.4) is 0 Å². The van der Waals surface area contributed by atoms with Crippen LogP contribution in [0.2, 0.25) is 0 Å². The number of carboxylic acid groups (broad SMARTS) is 1. The van der Waals surface area contributed by atoms with Crippen molar-refractivity contribution in [3.05, 3.63) is 76.9 Å². The molecule has 1 atom stereocenters. The van der Waals surface area contributed by atoms with E-state index in [-0.39, 0.29) is 0 Å². The minimum absolute atomic E-state index is 0.357. The Morgan fingerprint density at radius 1 is 1.20 bits per heavy atom. The number of hydrogen-bond acceptors (Lipinski definition) is 4. The minimum Gasteiger partial charge on any atom is -0.479 e. The van der Waals surface area contributed by atoms with Crippen LogP contribution in [0.4, 0.5) is 0 Å². The summed E-state index contributed by atoms with van der Waals surface area (Å²) in [4.78, 5) is 16.2. The van der Waals surface area contributed by atoms with E-state index in [9.17, 15) is 9.90 Å². The lowest BCUT2D eigenvalue weighted by molar-refractivity contribution is -0.149. The van der Waals surface area contributed by atoms with Gasteiger partial charge in [-0.3, -0.25) is 0 Å². The number of carbonyl (C=O) groups is 1. The lowest BCUT2D eigenvalue weighted by Crippen LogP contribution is -2.26. The number of benzene rings is 2. The van der Waals surface area contributed by atoms with Gasteiger partial charge in [0.15, 0.2) is 6.10 Å². The molecule has 2 aromatic carbocycles. The highest BCUT2D eigenvalue weighted by Crippen LogP contribution is 2.26. The number of rotatable bonds is 8. The summed E-state index contributed by atoms with van der Waals surface area (Å²) in [6, 6.07) is 18.5. The van der Waals surface area contributed by atoms with E-state index >= 15 is 0 Å². The Kier molecular flexibility index (Phi) is 5.97. The molecule has 0 saturated heterocycles. The number of aliphatic carboxylic acids is 1. The molecule has 0 aliphatic carbocycles. The minimum atomic E-state index is -0.927. The predicted molar refractivity (Wildman–Crippen MR) is 120 cm³/mol. The third-order valence-electron chi connectivity index (χ3n) is 5.13. The van der Waals surface area contributed by atoms with Crippen molar-refractivity contribution in [3.63, 3.8) is 0 Å². The number of aromatic nitrogens is 2. The third-order valence-corrected chi connectivity index (χ3v) is 6.07. The molecule has 154 valence electrons. The number of thiazole rings is 1. The van der Waals surface area contributed by atoms with Gasteiger partial charge < -0.3 is 14.4 Å². The molecule has 0 aliphatic heterocycles. The van der Waals surface area contributed by atoms with Gasteiger partial charge in [-0.2, -0.15) is 0 Å². The van der Waals surface area contributed by atoms with Gasteiger partial charge in [-0.15, -0.1) is 11.3 Å². The summed E-state index contributed by atoms with van der Waals surface area (Å²) in [5, 5.41) is 13.6. The van der Waals surface area contributed by atoms with E-state index in [4.69, 9.17) is 9.72 Å². The van der Waals surface area contributed by atoms with Crippen LogP contribution in [0.5, 0.6) is 0 Å². The zero-order valence-electron chi connectivity index (χ0n) is 17.0. The Hall–Kier alpha value is -2.96. The first-order valence-electron chi connectivity index (χ1n) is 9.98. The molecule has 2 aromatic heterocycles. The van der Waals surface area contributed by atoms with Gasteiger partial charge >= 0.3 is 5.97 Å². The topological polar surface area (TPSA) is 64.4 Å². The summed E-state index contributed by atoms with van der Waals surface area (Å²) < 4.78 is 7.60. The molecule has 0 fully saturated rings. The molecule has 0 bridgehead atoms. The maximum absolute atomic E-state index is 11.4. The average Bonchev–Trinajstić information content (AvgIpc) is 3.33. The second-order valence-corrected chi connectivity index (χ2v) is 8.12. The maximum Gasteiger partial charge on any atom is 0.333 e. The van der Waals surface area contributed by atoms with Crippen molar-refractivity contribution in [2.24, 2.45) is 0 Å². The van der Waals surface area contributed by atoms with Crippen molar-refractivity contribution in [3.8, 4) is 10.6 Å². The summed E-state index contributed by atoms with van der Waals surface area (Å²) in [5.74, 6) is -0.927. The molecular weight excluding hydrogens is 396 g/mol. The van der Waals surface area contributed by atoms with Gasteiger partial charge in [0, 0.05) is 40.6 Å². The average molecular weight is 421 g/mol. The van der Waals surface area contributed by atoms with E-state index < -0.39 is 12.1 Å². The lowest BCUT2D eigenvalue weighted by Gasteiger charge is -2.12. The quantitative estimate of drug-likeness (QED) is 0.428. The van der Waals surface area contributed by atoms with Gasteiger partial charge in [0.25, 0.3) is 0 Å². The fourth-order valence-electron chi connectivity index (χ4n) is 3.68. The summed E-state index contributed by atoms with van der Waals surface area (Å²) in [6.07, 6.45) is -0.461. The van der Waals surface area contributed by atoms with Crippen LogP contribution in [-0.4, -0.2) is 33.3 Å². The molecule has 0 spiro atoms. The number of carboxylic acids is 1. The van der Waals surface area contributed by atoms with Gasteiger partial charge in [-0.05, 0) is 37.6 Å². The number of aryl methyl sites for hydroxylation is 1. The van der Waals surface area contributed by atoms with Crippen molar-refractivity contribution in [1.29, 1.82) is 0 Å². The van der Waals surface area contributed by atoms with Crippen LogP contribution in [0, 0.1) is 6.92 Å². The molecule has 0 saturated carbocycles. The van der Waals surface area contributed by atoms with Gasteiger partial charge in [-0.25, -0.2) is 9.78 Å².